The summed E-state index contributed by atoms with van der Waals surface area (Å²) in [4.78, 5) is 8.63. The third-order valence-electron chi connectivity index (χ3n) is 5.93. The van der Waals surface area contributed by atoms with Crippen molar-refractivity contribution in [3.05, 3.63) is 10.0 Å². The van der Waals surface area contributed by atoms with Crippen LogP contribution >= 0.6 is 22.6 Å². The summed E-state index contributed by atoms with van der Waals surface area (Å²) in [6, 6.07) is 0.526. The van der Waals surface area contributed by atoms with Crippen LogP contribution in [0.25, 0.3) is 11.0 Å². The van der Waals surface area contributed by atoms with Crippen molar-refractivity contribution in [1.29, 1.82) is 0 Å². The van der Waals surface area contributed by atoms with Gasteiger partial charge in [0.15, 0.2) is 5.65 Å². The molecule has 0 saturated heterocycles. The van der Waals surface area contributed by atoms with Crippen LogP contribution in [0.1, 0.15) is 38.1 Å². The van der Waals surface area contributed by atoms with E-state index in [-0.39, 0.29) is 0 Å². The molecule has 5 nitrogen and oxygen atoms in total. The van der Waals surface area contributed by atoms with Crippen molar-refractivity contribution in [2.75, 3.05) is 5.73 Å². The molecule has 2 aromatic heterocycles. The molecular weight excluding hydrogens is 377 g/mol. The number of aromatic nitrogens is 4. The van der Waals surface area contributed by atoms with Crippen LogP contribution in [-0.2, 0) is 0 Å². The molecule has 0 spiro atoms. The number of nitrogen functional groups attached to an aromatic ring is 1. The van der Waals surface area contributed by atoms with E-state index in [1.165, 1.54) is 32.1 Å². The van der Waals surface area contributed by atoms with Gasteiger partial charge in [0.2, 0.25) is 0 Å². The van der Waals surface area contributed by atoms with Gasteiger partial charge in [0.25, 0.3) is 0 Å². The number of anilines is 1. The Morgan fingerprint density at radius 2 is 1.71 bits per heavy atom. The predicted octanol–water partition coefficient (Wildman–Crippen LogP) is 3.01. The minimum atomic E-state index is 0.526. The van der Waals surface area contributed by atoms with E-state index in [1.54, 1.807) is 6.33 Å². The topological polar surface area (TPSA) is 69.6 Å². The minimum Gasteiger partial charge on any atom is -0.383 e. The molecule has 2 N–H and O–H groups in total. The Balaban J connectivity index is 1.66. The van der Waals surface area contributed by atoms with Gasteiger partial charge in [-0.3, -0.25) is 0 Å². The summed E-state index contributed by atoms with van der Waals surface area (Å²) in [7, 11) is 0. The lowest BCUT2D eigenvalue weighted by Gasteiger charge is -2.54. The normalized spacial score (nSPS) is 37.5. The van der Waals surface area contributed by atoms with Crippen molar-refractivity contribution in [3.8, 4) is 0 Å². The third kappa shape index (κ3) is 1.71. The van der Waals surface area contributed by atoms with E-state index in [1.807, 2.05) is 0 Å². The van der Waals surface area contributed by atoms with Gasteiger partial charge in [-0.05, 0) is 78.4 Å². The molecule has 2 aromatic rings. The van der Waals surface area contributed by atoms with Crippen molar-refractivity contribution in [1.82, 2.24) is 19.7 Å². The first kappa shape index (κ1) is 12.6. The fraction of sp³-hybridized carbons (Fsp3) is 0.667. The zero-order chi connectivity index (χ0) is 14.1. The zero-order valence-electron chi connectivity index (χ0n) is 11.7. The van der Waals surface area contributed by atoms with Gasteiger partial charge < -0.3 is 5.73 Å². The number of nitrogens with zero attached hydrogens (tertiary/aromatic N) is 4. The summed E-state index contributed by atoms with van der Waals surface area (Å²) in [5, 5.41) is 5.75. The molecule has 4 bridgehead atoms. The number of hydrogen-bond donors (Lipinski definition) is 1. The molecule has 4 fully saturated rings. The Morgan fingerprint density at radius 3 is 2.38 bits per heavy atom. The van der Waals surface area contributed by atoms with Crippen LogP contribution in [0.2, 0.25) is 0 Å². The largest absolute Gasteiger partial charge is 0.383 e. The van der Waals surface area contributed by atoms with E-state index >= 15 is 0 Å². The summed E-state index contributed by atoms with van der Waals surface area (Å²) in [5.41, 5.74) is 6.97. The first-order valence-corrected chi connectivity index (χ1v) is 8.92. The lowest BCUT2D eigenvalue weighted by molar-refractivity contribution is -0.0322. The molecule has 0 radical (unpaired) electrons. The van der Waals surface area contributed by atoms with Gasteiger partial charge in [-0.1, -0.05) is 0 Å². The molecule has 0 amide bonds. The Morgan fingerprint density at radius 1 is 1.05 bits per heavy atom. The van der Waals surface area contributed by atoms with Crippen molar-refractivity contribution < 1.29 is 0 Å². The number of hydrogen-bond acceptors (Lipinski definition) is 4. The van der Waals surface area contributed by atoms with Crippen LogP contribution in [0, 0.1) is 27.4 Å². The quantitative estimate of drug-likeness (QED) is 0.754. The molecule has 0 atom stereocenters. The van der Waals surface area contributed by atoms with Gasteiger partial charge in [0.05, 0.1) is 11.4 Å². The smallest absolute Gasteiger partial charge is 0.164 e. The highest BCUT2D eigenvalue weighted by Crippen LogP contribution is 2.58. The van der Waals surface area contributed by atoms with E-state index in [9.17, 15) is 0 Å². The average molecular weight is 395 g/mol. The average Bonchev–Trinajstić information content (AvgIpc) is 2.76. The molecule has 4 aliphatic rings. The summed E-state index contributed by atoms with van der Waals surface area (Å²) < 4.78 is 3.14. The Bertz CT molecular complexity index is 696. The van der Waals surface area contributed by atoms with Gasteiger partial charge in [0.1, 0.15) is 15.8 Å². The highest BCUT2D eigenvalue weighted by molar-refractivity contribution is 14.1. The Kier molecular flexibility index (Phi) is 2.58. The van der Waals surface area contributed by atoms with Gasteiger partial charge >= 0.3 is 0 Å². The van der Waals surface area contributed by atoms with Crippen molar-refractivity contribution in [2.45, 2.75) is 38.1 Å². The maximum absolute atomic E-state index is 6.04. The fourth-order valence-electron chi connectivity index (χ4n) is 5.46. The number of fused-ring (bicyclic) bond motifs is 1. The molecular formula is C15H18IN5. The van der Waals surface area contributed by atoms with E-state index in [4.69, 9.17) is 10.8 Å². The van der Waals surface area contributed by atoms with Crippen LogP contribution in [0.3, 0.4) is 0 Å². The van der Waals surface area contributed by atoms with Crippen LogP contribution in [-0.4, -0.2) is 19.7 Å². The molecule has 0 aliphatic heterocycles. The summed E-state index contributed by atoms with van der Waals surface area (Å²) in [5.74, 6) is 4.08. The molecule has 4 saturated carbocycles. The third-order valence-corrected chi connectivity index (χ3v) is 6.69. The number of nitrogens with two attached hydrogens (primary N) is 1. The molecule has 4 aliphatic carbocycles. The second-order valence-corrected chi connectivity index (χ2v) is 8.14. The van der Waals surface area contributed by atoms with Gasteiger partial charge in [-0.2, -0.15) is 5.10 Å². The van der Waals surface area contributed by atoms with Crippen LogP contribution < -0.4 is 5.73 Å². The summed E-state index contributed by atoms with van der Waals surface area (Å²) >= 11 is 2.27. The summed E-state index contributed by atoms with van der Waals surface area (Å²) in [6.45, 7) is 0. The Hall–Kier alpha value is -0.920. The van der Waals surface area contributed by atoms with E-state index in [0.717, 1.165) is 38.4 Å². The van der Waals surface area contributed by atoms with Gasteiger partial charge in [0, 0.05) is 0 Å². The molecule has 0 unspecified atom stereocenters. The highest BCUT2D eigenvalue weighted by Gasteiger charge is 2.49. The predicted molar refractivity (Wildman–Crippen MR) is 88.5 cm³/mol. The highest BCUT2D eigenvalue weighted by atomic mass is 127. The lowest BCUT2D eigenvalue weighted by Crippen LogP contribution is -2.46. The molecule has 2 heterocycles. The molecule has 0 aromatic carbocycles. The standard InChI is InChI=1S/C15H18IN5/c16-13-11-14(17)18-6-19-15(11)21(20-13)12-9-2-7-1-8(4-9)5-10(12)3-7/h6-10,12H,1-5H2,(H2,17,18,19). The maximum atomic E-state index is 6.04. The molecule has 6 heteroatoms. The monoisotopic (exact) mass is 395 g/mol. The van der Waals surface area contributed by atoms with Crippen LogP contribution in [0.4, 0.5) is 5.82 Å². The van der Waals surface area contributed by atoms with Crippen molar-refractivity contribution >= 4 is 39.4 Å². The maximum Gasteiger partial charge on any atom is 0.164 e. The SMILES string of the molecule is Nc1ncnc2c1c(I)nn2C1C2CC3CC(C2)CC1C3. The van der Waals surface area contributed by atoms with Gasteiger partial charge in [-0.25, -0.2) is 14.6 Å². The first-order chi connectivity index (χ1) is 10.2. The number of halogens is 1. The Labute approximate surface area is 136 Å². The van der Waals surface area contributed by atoms with E-state index < -0.39 is 0 Å². The van der Waals surface area contributed by atoms with Crippen molar-refractivity contribution in [2.24, 2.45) is 23.7 Å². The fourth-order valence-corrected chi connectivity index (χ4v) is 6.21. The first-order valence-electron chi connectivity index (χ1n) is 7.85. The second-order valence-electron chi connectivity index (χ2n) is 7.11. The van der Waals surface area contributed by atoms with Gasteiger partial charge in [-0.15, -0.1) is 0 Å². The zero-order valence-corrected chi connectivity index (χ0v) is 13.9. The van der Waals surface area contributed by atoms with Crippen molar-refractivity contribution in [3.63, 3.8) is 0 Å². The lowest BCUT2D eigenvalue weighted by atomic mass is 9.54. The van der Waals surface area contributed by atoms with E-state index in [2.05, 4.69) is 37.2 Å². The minimum absolute atomic E-state index is 0.526. The number of rotatable bonds is 1. The second kappa shape index (κ2) is 4.30. The molecule has 6 rings (SSSR count). The summed E-state index contributed by atoms with van der Waals surface area (Å²) in [6.07, 6.45) is 8.59. The van der Waals surface area contributed by atoms with E-state index in [0.29, 0.717) is 11.9 Å². The molecule has 110 valence electrons. The molecule has 21 heavy (non-hydrogen) atoms. The van der Waals surface area contributed by atoms with Crippen LogP contribution in [0.15, 0.2) is 6.33 Å². The van der Waals surface area contributed by atoms with Crippen LogP contribution in [0.5, 0.6) is 0 Å².